The maximum Gasteiger partial charge on any atom is 0.323 e. The van der Waals surface area contributed by atoms with Crippen molar-refractivity contribution >= 4 is 22.5 Å². The minimum Gasteiger partial charge on any atom is -0.378 e. The molecule has 2 aliphatic rings. The lowest BCUT2D eigenvalue weighted by Gasteiger charge is -2.26. The van der Waals surface area contributed by atoms with Crippen LogP contribution in [0.15, 0.2) is 18.3 Å². The highest BCUT2D eigenvalue weighted by molar-refractivity contribution is 7.19. The number of morpholine rings is 1. The van der Waals surface area contributed by atoms with E-state index in [0.717, 1.165) is 46.1 Å². The summed E-state index contributed by atoms with van der Waals surface area (Å²) in [5.74, 6) is 0. The predicted molar refractivity (Wildman–Crippen MR) is 121 cm³/mol. The number of pyridine rings is 1. The molecule has 2 amide bonds. The molecule has 9 heteroatoms. The second-order valence-electron chi connectivity index (χ2n) is 8.23. The van der Waals surface area contributed by atoms with Gasteiger partial charge in [0.25, 0.3) is 0 Å². The molecule has 162 valence electrons. The monoisotopic (exact) mass is 438 g/mol. The molecule has 0 bridgehead atoms. The maximum absolute atomic E-state index is 12.6. The van der Waals surface area contributed by atoms with Gasteiger partial charge in [-0.25, -0.2) is 9.78 Å². The van der Waals surface area contributed by atoms with Gasteiger partial charge in [-0.1, -0.05) is 11.3 Å². The molecule has 1 saturated heterocycles. The first-order chi connectivity index (χ1) is 15.0. The topological polar surface area (TPSA) is 85.2 Å². The second kappa shape index (κ2) is 8.05. The van der Waals surface area contributed by atoms with Crippen molar-refractivity contribution in [3.05, 3.63) is 35.3 Å². The Hall–Kier alpha value is -2.78. The molecule has 8 nitrogen and oxygen atoms in total. The number of rotatable bonds is 3. The lowest BCUT2D eigenvalue weighted by Crippen LogP contribution is -2.43. The quantitative estimate of drug-likeness (QED) is 0.670. The van der Waals surface area contributed by atoms with Crippen LogP contribution in [-0.2, 0) is 17.6 Å². The number of aromatic nitrogens is 4. The van der Waals surface area contributed by atoms with Gasteiger partial charge in [0, 0.05) is 42.1 Å². The summed E-state index contributed by atoms with van der Waals surface area (Å²) in [6, 6.07) is 4.21. The summed E-state index contributed by atoms with van der Waals surface area (Å²) in [7, 11) is 0. The Balaban J connectivity index is 1.51. The van der Waals surface area contributed by atoms with E-state index in [2.05, 4.69) is 34.9 Å². The number of nitrogens with one attached hydrogen (secondary N) is 1. The number of anilines is 1. The Labute approximate surface area is 185 Å². The maximum atomic E-state index is 12.6. The number of urea groups is 1. The fourth-order valence-corrected chi connectivity index (χ4v) is 5.17. The first-order valence-electron chi connectivity index (χ1n) is 10.7. The van der Waals surface area contributed by atoms with Crippen LogP contribution in [0, 0.1) is 6.92 Å². The van der Waals surface area contributed by atoms with Crippen molar-refractivity contribution in [2.24, 2.45) is 0 Å². The van der Waals surface area contributed by atoms with Crippen LogP contribution >= 0.6 is 11.3 Å². The van der Waals surface area contributed by atoms with Gasteiger partial charge in [-0.2, -0.15) is 5.10 Å². The molecule has 3 aromatic heterocycles. The molecule has 0 spiro atoms. The Kier molecular flexibility index (Phi) is 5.23. The highest BCUT2D eigenvalue weighted by Crippen LogP contribution is 2.44. The number of hydrogen-bond acceptors (Lipinski definition) is 6. The van der Waals surface area contributed by atoms with E-state index in [-0.39, 0.29) is 12.1 Å². The van der Waals surface area contributed by atoms with E-state index < -0.39 is 0 Å². The van der Waals surface area contributed by atoms with Crippen LogP contribution in [-0.4, -0.2) is 57.0 Å². The summed E-state index contributed by atoms with van der Waals surface area (Å²) in [6.07, 6.45) is 3.61. The van der Waals surface area contributed by atoms with Crippen molar-refractivity contribution in [3.8, 4) is 21.8 Å². The second-order valence-corrected chi connectivity index (χ2v) is 9.23. The zero-order valence-electron chi connectivity index (χ0n) is 18.0. The first-order valence-corrected chi connectivity index (χ1v) is 11.5. The number of fused-ring (bicyclic) bond motifs is 3. The normalized spacial score (nSPS) is 15.7. The number of aryl methyl sites for hydroxylation is 2. The van der Waals surface area contributed by atoms with E-state index in [1.807, 2.05) is 19.2 Å². The molecule has 0 atom stereocenters. The van der Waals surface area contributed by atoms with Gasteiger partial charge in [-0.05, 0) is 45.7 Å². The molecule has 0 saturated carbocycles. The molecule has 0 aromatic carbocycles. The molecule has 3 aromatic rings. The van der Waals surface area contributed by atoms with Crippen molar-refractivity contribution in [2.75, 3.05) is 31.6 Å². The number of ether oxygens (including phenoxy) is 1. The largest absolute Gasteiger partial charge is 0.378 e. The van der Waals surface area contributed by atoms with E-state index >= 15 is 0 Å². The third kappa shape index (κ3) is 3.72. The Morgan fingerprint density at radius 3 is 2.74 bits per heavy atom. The summed E-state index contributed by atoms with van der Waals surface area (Å²) in [5, 5.41) is 8.62. The van der Waals surface area contributed by atoms with Gasteiger partial charge < -0.3 is 9.64 Å². The zero-order valence-corrected chi connectivity index (χ0v) is 18.8. The molecule has 31 heavy (non-hydrogen) atoms. The van der Waals surface area contributed by atoms with E-state index in [0.29, 0.717) is 31.4 Å². The number of amides is 2. The van der Waals surface area contributed by atoms with E-state index in [4.69, 9.17) is 14.8 Å². The lowest BCUT2D eigenvalue weighted by molar-refractivity contribution is 0.0564. The Bertz CT molecular complexity index is 1110. The SMILES string of the molecule is Cc1ccc(-c2nn(C(C)C)c3c2CCc2nc(NC(=O)N4CCOCC4)sc2-3)cn1. The summed E-state index contributed by atoms with van der Waals surface area (Å²) >= 11 is 1.54. The van der Waals surface area contributed by atoms with Crippen molar-refractivity contribution in [1.29, 1.82) is 0 Å². The highest BCUT2D eigenvalue weighted by atomic mass is 32.1. The number of hydrogen-bond donors (Lipinski definition) is 1. The van der Waals surface area contributed by atoms with Gasteiger partial charge in [0.2, 0.25) is 0 Å². The summed E-state index contributed by atoms with van der Waals surface area (Å²) < 4.78 is 7.43. The molecular formula is C22H26N6O2S. The first kappa shape index (κ1) is 20.1. The third-order valence-corrected chi connectivity index (χ3v) is 6.74. The smallest absolute Gasteiger partial charge is 0.323 e. The molecule has 1 N–H and O–H groups in total. The van der Waals surface area contributed by atoms with Gasteiger partial charge in [0.05, 0.1) is 35.2 Å². The summed E-state index contributed by atoms with van der Waals surface area (Å²) in [4.78, 5) is 24.7. The average molecular weight is 439 g/mol. The van der Waals surface area contributed by atoms with Gasteiger partial charge in [-0.3, -0.25) is 15.0 Å². The number of nitrogens with zero attached hydrogens (tertiary/aromatic N) is 5. The van der Waals surface area contributed by atoms with Crippen LogP contribution in [0.1, 0.15) is 36.8 Å². The molecule has 0 unspecified atom stereocenters. The molecule has 4 heterocycles. The van der Waals surface area contributed by atoms with Gasteiger partial charge in [0.15, 0.2) is 5.13 Å². The van der Waals surface area contributed by atoms with Crippen LogP contribution in [0.3, 0.4) is 0 Å². The van der Waals surface area contributed by atoms with Crippen LogP contribution in [0.25, 0.3) is 21.8 Å². The minimum atomic E-state index is -0.113. The molecule has 1 fully saturated rings. The van der Waals surface area contributed by atoms with Crippen LogP contribution < -0.4 is 5.32 Å². The standard InChI is InChI=1S/C22H26N6O2S/c1-13(2)28-19-16(18(26-28)15-5-4-14(3)23-12-15)6-7-17-20(19)31-21(24-17)25-22(29)27-8-10-30-11-9-27/h4-5,12-13H,6-11H2,1-3H3,(H,24,25,29). The van der Waals surface area contributed by atoms with Crippen molar-refractivity contribution in [3.63, 3.8) is 0 Å². The van der Waals surface area contributed by atoms with Crippen molar-refractivity contribution < 1.29 is 9.53 Å². The van der Waals surface area contributed by atoms with Gasteiger partial charge in [-0.15, -0.1) is 0 Å². The van der Waals surface area contributed by atoms with Gasteiger partial charge in [0.1, 0.15) is 0 Å². The summed E-state index contributed by atoms with van der Waals surface area (Å²) in [5.41, 5.74) is 6.42. The van der Waals surface area contributed by atoms with Gasteiger partial charge >= 0.3 is 6.03 Å². The molecule has 0 radical (unpaired) electrons. The fourth-order valence-electron chi connectivity index (χ4n) is 4.10. The third-order valence-electron chi connectivity index (χ3n) is 5.72. The van der Waals surface area contributed by atoms with E-state index in [1.165, 1.54) is 16.9 Å². The highest BCUT2D eigenvalue weighted by Gasteiger charge is 2.30. The fraction of sp³-hybridized carbons (Fsp3) is 0.455. The molecule has 1 aliphatic heterocycles. The minimum absolute atomic E-state index is 0.113. The Morgan fingerprint density at radius 1 is 1.23 bits per heavy atom. The van der Waals surface area contributed by atoms with Crippen molar-refractivity contribution in [2.45, 2.75) is 39.7 Å². The average Bonchev–Trinajstić information content (AvgIpc) is 3.36. The molecule has 5 rings (SSSR count). The number of carbonyl (C=O) groups excluding carboxylic acids is 1. The number of carbonyl (C=O) groups is 1. The van der Waals surface area contributed by atoms with E-state index in [1.54, 1.807) is 4.90 Å². The van der Waals surface area contributed by atoms with Crippen molar-refractivity contribution in [1.82, 2.24) is 24.6 Å². The van der Waals surface area contributed by atoms with Crippen LogP contribution in [0.4, 0.5) is 9.93 Å². The molecule has 1 aliphatic carbocycles. The Morgan fingerprint density at radius 2 is 2.03 bits per heavy atom. The zero-order chi connectivity index (χ0) is 21.5. The van der Waals surface area contributed by atoms with Crippen LogP contribution in [0.5, 0.6) is 0 Å². The predicted octanol–water partition coefficient (Wildman–Crippen LogP) is 3.92. The van der Waals surface area contributed by atoms with Crippen LogP contribution in [0.2, 0.25) is 0 Å². The lowest BCUT2D eigenvalue weighted by atomic mass is 9.95. The molecular weight excluding hydrogens is 412 g/mol. The summed E-state index contributed by atoms with van der Waals surface area (Å²) in [6.45, 7) is 8.64. The number of thiazole rings is 1. The van der Waals surface area contributed by atoms with E-state index in [9.17, 15) is 4.79 Å².